The summed E-state index contributed by atoms with van der Waals surface area (Å²) in [5, 5.41) is 0. The summed E-state index contributed by atoms with van der Waals surface area (Å²) < 4.78 is 13.0. The molecule has 1 heterocycles. The van der Waals surface area contributed by atoms with E-state index in [0.29, 0.717) is 11.5 Å². The predicted octanol–water partition coefficient (Wildman–Crippen LogP) is 3.13. The second-order valence-electron chi connectivity index (χ2n) is 6.40. The second-order valence-corrected chi connectivity index (χ2v) is 6.40. The van der Waals surface area contributed by atoms with E-state index < -0.39 is 0 Å². The average molecular weight is 305 g/mol. The molecule has 5 heteroatoms. The van der Waals surface area contributed by atoms with Crippen molar-refractivity contribution in [2.45, 2.75) is 52.1 Å². The zero-order valence-electron chi connectivity index (χ0n) is 14.3. The normalized spacial score (nSPS) is 11.9. The van der Waals surface area contributed by atoms with Crippen molar-refractivity contribution >= 4 is 11.0 Å². The van der Waals surface area contributed by atoms with Crippen molar-refractivity contribution in [3.8, 4) is 11.5 Å². The Kier molecular flexibility index (Phi) is 4.96. The SMILES string of the molecule is CCCCc1nc2cc(OC)c(OC)cc2n1CC(C)(C)N. The van der Waals surface area contributed by atoms with E-state index in [1.165, 1.54) is 0 Å². The van der Waals surface area contributed by atoms with Crippen molar-refractivity contribution < 1.29 is 9.47 Å². The number of rotatable bonds is 7. The van der Waals surface area contributed by atoms with Crippen molar-refractivity contribution in [3.63, 3.8) is 0 Å². The fourth-order valence-corrected chi connectivity index (χ4v) is 2.61. The fourth-order valence-electron chi connectivity index (χ4n) is 2.61. The second kappa shape index (κ2) is 6.57. The standard InChI is InChI=1S/C17H27N3O2/c1-6-7-8-16-19-12-9-14(21-4)15(22-5)10-13(12)20(16)11-17(2,3)18/h9-10H,6-8,11,18H2,1-5H3. The lowest BCUT2D eigenvalue weighted by Crippen LogP contribution is -2.37. The highest BCUT2D eigenvalue weighted by Gasteiger charge is 2.19. The molecule has 0 fully saturated rings. The zero-order valence-corrected chi connectivity index (χ0v) is 14.3. The Balaban J connectivity index is 2.59. The van der Waals surface area contributed by atoms with Crippen LogP contribution in [0.15, 0.2) is 12.1 Å². The minimum Gasteiger partial charge on any atom is -0.493 e. The van der Waals surface area contributed by atoms with Gasteiger partial charge in [0.15, 0.2) is 11.5 Å². The number of nitrogens with zero attached hydrogens (tertiary/aromatic N) is 2. The zero-order chi connectivity index (χ0) is 16.3. The molecule has 122 valence electrons. The number of hydrogen-bond acceptors (Lipinski definition) is 4. The number of benzene rings is 1. The topological polar surface area (TPSA) is 62.3 Å². The van der Waals surface area contributed by atoms with Gasteiger partial charge in [0.05, 0.1) is 25.3 Å². The van der Waals surface area contributed by atoms with Crippen LogP contribution >= 0.6 is 0 Å². The molecule has 2 N–H and O–H groups in total. The van der Waals surface area contributed by atoms with E-state index in [4.69, 9.17) is 20.2 Å². The molecule has 0 aliphatic heterocycles. The first-order valence-electron chi connectivity index (χ1n) is 7.79. The number of aromatic nitrogens is 2. The van der Waals surface area contributed by atoms with Gasteiger partial charge in [-0.2, -0.15) is 0 Å². The Morgan fingerprint density at radius 1 is 1.18 bits per heavy atom. The molecule has 0 spiro atoms. The first-order chi connectivity index (χ1) is 10.4. The number of ether oxygens (including phenoxy) is 2. The van der Waals surface area contributed by atoms with Gasteiger partial charge in [0.25, 0.3) is 0 Å². The Morgan fingerprint density at radius 2 is 1.82 bits per heavy atom. The van der Waals surface area contributed by atoms with Crippen LogP contribution in [-0.2, 0) is 13.0 Å². The molecular formula is C17H27N3O2. The Labute approximate surface area is 132 Å². The van der Waals surface area contributed by atoms with Gasteiger partial charge in [-0.05, 0) is 20.3 Å². The highest BCUT2D eigenvalue weighted by molar-refractivity contribution is 5.80. The van der Waals surface area contributed by atoms with Gasteiger partial charge in [-0.15, -0.1) is 0 Å². The van der Waals surface area contributed by atoms with E-state index in [1.54, 1.807) is 14.2 Å². The molecule has 0 aliphatic carbocycles. The third kappa shape index (κ3) is 3.53. The van der Waals surface area contributed by atoms with Gasteiger partial charge >= 0.3 is 0 Å². The molecular weight excluding hydrogens is 278 g/mol. The average Bonchev–Trinajstić information content (AvgIpc) is 2.78. The summed E-state index contributed by atoms with van der Waals surface area (Å²) >= 11 is 0. The molecule has 0 radical (unpaired) electrons. The minimum atomic E-state index is -0.304. The number of imidazole rings is 1. The van der Waals surface area contributed by atoms with E-state index in [-0.39, 0.29) is 5.54 Å². The molecule has 5 nitrogen and oxygen atoms in total. The molecule has 22 heavy (non-hydrogen) atoms. The van der Waals surface area contributed by atoms with E-state index in [9.17, 15) is 0 Å². The molecule has 2 aromatic rings. The van der Waals surface area contributed by atoms with Crippen LogP contribution in [0.3, 0.4) is 0 Å². The summed E-state index contributed by atoms with van der Waals surface area (Å²) in [6, 6.07) is 3.92. The van der Waals surface area contributed by atoms with Crippen LogP contribution in [0.25, 0.3) is 11.0 Å². The lowest BCUT2D eigenvalue weighted by molar-refractivity contribution is 0.355. The lowest BCUT2D eigenvalue weighted by atomic mass is 10.1. The highest BCUT2D eigenvalue weighted by Crippen LogP contribution is 2.33. The summed E-state index contributed by atoms with van der Waals surface area (Å²) in [5.41, 5.74) is 7.90. The minimum absolute atomic E-state index is 0.304. The molecule has 0 saturated carbocycles. The van der Waals surface area contributed by atoms with E-state index in [2.05, 4.69) is 11.5 Å². The first-order valence-corrected chi connectivity index (χ1v) is 7.79. The highest BCUT2D eigenvalue weighted by atomic mass is 16.5. The van der Waals surface area contributed by atoms with Crippen molar-refractivity contribution in [1.29, 1.82) is 0 Å². The van der Waals surface area contributed by atoms with Gasteiger partial charge in [0.1, 0.15) is 5.82 Å². The molecule has 0 aliphatic rings. The smallest absolute Gasteiger partial charge is 0.163 e. The van der Waals surface area contributed by atoms with E-state index >= 15 is 0 Å². The Bertz CT molecular complexity index is 641. The quantitative estimate of drug-likeness (QED) is 0.853. The van der Waals surface area contributed by atoms with Gasteiger partial charge in [-0.1, -0.05) is 13.3 Å². The van der Waals surface area contributed by atoms with Gasteiger partial charge in [0.2, 0.25) is 0 Å². The Morgan fingerprint density at radius 3 is 2.36 bits per heavy atom. The number of aryl methyl sites for hydroxylation is 1. The molecule has 1 aromatic carbocycles. The monoisotopic (exact) mass is 305 g/mol. The summed E-state index contributed by atoms with van der Waals surface area (Å²) in [7, 11) is 3.29. The third-order valence-electron chi connectivity index (χ3n) is 3.65. The maximum Gasteiger partial charge on any atom is 0.163 e. The maximum absolute atomic E-state index is 6.24. The number of fused-ring (bicyclic) bond motifs is 1. The van der Waals surface area contributed by atoms with Crippen LogP contribution in [0.1, 0.15) is 39.4 Å². The van der Waals surface area contributed by atoms with Crippen LogP contribution in [0.2, 0.25) is 0 Å². The molecule has 0 unspecified atom stereocenters. The lowest BCUT2D eigenvalue weighted by Gasteiger charge is -2.21. The molecule has 0 saturated heterocycles. The predicted molar refractivity (Wildman–Crippen MR) is 89.7 cm³/mol. The van der Waals surface area contributed by atoms with Crippen LogP contribution in [-0.4, -0.2) is 29.3 Å². The van der Waals surface area contributed by atoms with Gasteiger partial charge < -0.3 is 19.8 Å². The maximum atomic E-state index is 6.24. The summed E-state index contributed by atoms with van der Waals surface area (Å²) in [4.78, 5) is 4.79. The van der Waals surface area contributed by atoms with Crippen LogP contribution in [0.5, 0.6) is 11.5 Å². The van der Waals surface area contributed by atoms with Crippen molar-refractivity contribution in [1.82, 2.24) is 9.55 Å². The Hall–Kier alpha value is -1.75. The summed E-state index contributed by atoms with van der Waals surface area (Å²) in [6.07, 6.45) is 3.20. The van der Waals surface area contributed by atoms with E-state index in [1.807, 2.05) is 26.0 Å². The van der Waals surface area contributed by atoms with Crippen molar-refractivity contribution in [2.75, 3.05) is 14.2 Å². The number of nitrogens with two attached hydrogens (primary N) is 1. The number of unbranched alkanes of at least 4 members (excludes halogenated alkanes) is 1. The first kappa shape index (κ1) is 16.6. The molecule has 2 rings (SSSR count). The molecule has 0 bridgehead atoms. The van der Waals surface area contributed by atoms with Crippen molar-refractivity contribution in [2.24, 2.45) is 5.73 Å². The number of hydrogen-bond donors (Lipinski definition) is 1. The largest absolute Gasteiger partial charge is 0.493 e. The molecule has 0 atom stereocenters. The van der Waals surface area contributed by atoms with Gasteiger partial charge in [0, 0.05) is 30.6 Å². The van der Waals surface area contributed by atoms with Crippen molar-refractivity contribution in [3.05, 3.63) is 18.0 Å². The number of methoxy groups -OCH3 is 2. The van der Waals surface area contributed by atoms with Crippen LogP contribution < -0.4 is 15.2 Å². The van der Waals surface area contributed by atoms with Gasteiger partial charge in [-0.3, -0.25) is 0 Å². The molecule has 1 aromatic heterocycles. The third-order valence-corrected chi connectivity index (χ3v) is 3.65. The van der Waals surface area contributed by atoms with Crippen LogP contribution in [0, 0.1) is 0 Å². The molecule has 0 amide bonds. The van der Waals surface area contributed by atoms with Gasteiger partial charge in [-0.25, -0.2) is 4.98 Å². The van der Waals surface area contributed by atoms with Crippen LogP contribution in [0.4, 0.5) is 0 Å². The summed E-state index contributed by atoms with van der Waals surface area (Å²) in [6.45, 7) is 6.97. The van der Waals surface area contributed by atoms with E-state index in [0.717, 1.165) is 42.7 Å². The summed E-state index contributed by atoms with van der Waals surface area (Å²) in [5.74, 6) is 2.49. The fraction of sp³-hybridized carbons (Fsp3) is 0.588.